The molecule has 1 atom stereocenters. The van der Waals surface area contributed by atoms with E-state index in [1.165, 1.54) is 6.20 Å². The molecule has 84 valence electrons. The van der Waals surface area contributed by atoms with Gasteiger partial charge < -0.3 is 10.1 Å². The lowest BCUT2D eigenvalue weighted by molar-refractivity contribution is 0.250. The zero-order valence-electron chi connectivity index (χ0n) is 8.15. The number of ether oxygens (including phenoxy) is 1. The SMILES string of the molecule is Cl.Clc1cncc(OCC2CCNC2)n1. The van der Waals surface area contributed by atoms with E-state index in [2.05, 4.69) is 15.3 Å². The molecule has 15 heavy (non-hydrogen) atoms. The third-order valence-corrected chi connectivity index (χ3v) is 2.39. The van der Waals surface area contributed by atoms with Gasteiger partial charge in [0.2, 0.25) is 5.88 Å². The molecule has 4 nitrogen and oxygen atoms in total. The summed E-state index contributed by atoms with van der Waals surface area (Å²) in [7, 11) is 0. The van der Waals surface area contributed by atoms with E-state index in [1.807, 2.05) is 0 Å². The van der Waals surface area contributed by atoms with Crippen LogP contribution in [-0.2, 0) is 0 Å². The molecule has 0 bridgehead atoms. The Morgan fingerprint density at radius 3 is 3.07 bits per heavy atom. The van der Waals surface area contributed by atoms with Gasteiger partial charge in [-0.1, -0.05) is 11.6 Å². The summed E-state index contributed by atoms with van der Waals surface area (Å²) in [5.41, 5.74) is 0. The van der Waals surface area contributed by atoms with Crippen LogP contribution in [0.25, 0.3) is 0 Å². The van der Waals surface area contributed by atoms with Gasteiger partial charge in [-0.05, 0) is 13.0 Å². The standard InChI is InChI=1S/C9H12ClN3O.ClH/c10-8-4-12-5-9(13-8)14-6-7-1-2-11-3-7;/h4-5,7,11H,1-3,6H2;1H. The van der Waals surface area contributed by atoms with Gasteiger partial charge in [0.1, 0.15) is 0 Å². The molecule has 0 aromatic carbocycles. The van der Waals surface area contributed by atoms with Crippen molar-refractivity contribution in [2.75, 3.05) is 19.7 Å². The van der Waals surface area contributed by atoms with Crippen molar-refractivity contribution in [1.29, 1.82) is 0 Å². The third-order valence-electron chi connectivity index (χ3n) is 2.21. The van der Waals surface area contributed by atoms with Crippen LogP contribution in [0.15, 0.2) is 12.4 Å². The third kappa shape index (κ3) is 3.81. The lowest BCUT2D eigenvalue weighted by Gasteiger charge is -2.09. The maximum Gasteiger partial charge on any atom is 0.233 e. The molecule has 0 aliphatic carbocycles. The average molecular weight is 250 g/mol. The van der Waals surface area contributed by atoms with Gasteiger partial charge in [-0.15, -0.1) is 12.4 Å². The molecular weight excluding hydrogens is 237 g/mol. The lowest BCUT2D eigenvalue weighted by atomic mass is 10.1. The van der Waals surface area contributed by atoms with Gasteiger partial charge in [-0.3, -0.25) is 4.98 Å². The highest BCUT2D eigenvalue weighted by molar-refractivity contribution is 6.29. The molecule has 1 fully saturated rings. The first-order valence-corrected chi connectivity index (χ1v) is 5.03. The Morgan fingerprint density at radius 1 is 1.53 bits per heavy atom. The average Bonchev–Trinajstić information content (AvgIpc) is 2.67. The zero-order valence-corrected chi connectivity index (χ0v) is 9.72. The normalized spacial score (nSPS) is 19.7. The van der Waals surface area contributed by atoms with Crippen molar-refractivity contribution < 1.29 is 4.74 Å². The highest BCUT2D eigenvalue weighted by Crippen LogP contribution is 2.12. The van der Waals surface area contributed by atoms with E-state index in [-0.39, 0.29) is 12.4 Å². The van der Waals surface area contributed by atoms with Crippen molar-refractivity contribution in [3.63, 3.8) is 0 Å². The summed E-state index contributed by atoms with van der Waals surface area (Å²) >= 11 is 5.67. The van der Waals surface area contributed by atoms with Crippen LogP contribution in [0.3, 0.4) is 0 Å². The number of nitrogens with zero attached hydrogens (tertiary/aromatic N) is 2. The van der Waals surface area contributed by atoms with Gasteiger partial charge in [-0.2, -0.15) is 4.98 Å². The highest BCUT2D eigenvalue weighted by atomic mass is 35.5. The summed E-state index contributed by atoms with van der Waals surface area (Å²) in [6.45, 7) is 2.78. The molecule has 1 aromatic rings. The number of nitrogens with one attached hydrogen (secondary N) is 1. The lowest BCUT2D eigenvalue weighted by Crippen LogP contribution is -2.15. The predicted octanol–water partition coefficient (Wildman–Crippen LogP) is 1.54. The van der Waals surface area contributed by atoms with Crippen molar-refractivity contribution in [3.8, 4) is 5.88 Å². The Kier molecular flexibility index (Phi) is 5.08. The monoisotopic (exact) mass is 249 g/mol. The van der Waals surface area contributed by atoms with Crippen LogP contribution in [0.4, 0.5) is 0 Å². The number of hydrogen-bond acceptors (Lipinski definition) is 4. The van der Waals surface area contributed by atoms with E-state index in [9.17, 15) is 0 Å². The second-order valence-corrected chi connectivity index (χ2v) is 3.74. The Balaban J connectivity index is 0.00000112. The van der Waals surface area contributed by atoms with Gasteiger partial charge in [-0.25, -0.2) is 0 Å². The van der Waals surface area contributed by atoms with E-state index < -0.39 is 0 Å². The van der Waals surface area contributed by atoms with Gasteiger partial charge in [0.15, 0.2) is 5.15 Å². The largest absolute Gasteiger partial charge is 0.476 e. The first kappa shape index (κ1) is 12.5. The number of halogens is 2. The number of hydrogen-bond donors (Lipinski definition) is 1. The van der Waals surface area contributed by atoms with Crippen LogP contribution in [0.1, 0.15) is 6.42 Å². The van der Waals surface area contributed by atoms with Crippen LogP contribution in [0.5, 0.6) is 5.88 Å². The molecule has 0 spiro atoms. The minimum Gasteiger partial charge on any atom is -0.476 e. The van der Waals surface area contributed by atoms with Crippen LogP contribution in [0.2, 0.25) is 5.15 Å². The second-order valence-electron chi connectivity index (χ2n) is 3.35. The molecule has 1 saturated heterocycles. The maximum absolute atomic E-state index is 5.67. The van der Waals surface area contributed by atoms with Gasteiger partial charge in [0, 0.05) is 12.5 Å². The summed E-state index contributed by atoms with van der Waals surface area (Å²) < 4.78 is 5.47. The Labute approximate surface area is 99.8 Å². The topological polar surface area (TPSA) is 47.0 Å². The van der Waals surface area contributed by atoms with Crippen molar-refractivity contribution in [2.45, 2.75) is 6.42 Å². The van der Waals surface area contributed by atoms with E-state index in [1.54, 1.807) is 6.20 Å². The fourth-order valence-electron chi connectivity index (χ4n) is 1.46. The maximum atomic E-state index is 5.67. The first-order chi connectivity index (χ1) is 6.84. The fraction of sp³-hybridized carbons (Fsp3) is 0.556. The first-order valence-electron chi connectivity index (χ1n) is 4.65. The van der Waals surface area contributed by atoms with Crippen molar-refractivity contribution in [3.05, 3.63) is 17.5 Å². The number of rotatable bonds is 3. The molecule has 1 aliphatic rings. The van der Waals surface area contributed by atoms with Crippen LogP contribution in [0, 0.1) is 5.92 Å². The Morgan fingerprint density at radius 2 is 2.40 bits per heavy atom. The summed E-state index contributed by atoms with van der Waals surface area (Å²) in [6.07, 6.45) is 4.23. The quantitative estimate of drug-likeness (QED) is 0.883. The zero-order chi connectivity index (χ0) is 9.80. The second kappa shape index (κ2) is 6.10. The minimum atomic E-state index is 0. The predicted molar refractivity (Wildman–Crippen MR) is 60.8 cm³/mol. The molecule has 2 rings (SSSR count). The van der Waals surface area contributed by atoms with Gasteiger partial charge in [0.05, 0.1) is 19.0 Å². The van der Waals surface area contributed by atoms with E-state index >= 15 is 0 Å². The molecule has 0 saturated carbocycles. The Hall–Kier alpha value is -0.580. The molecule has 2 heterocycles. The molecule has 0 radical (unpaired) electrons. The van der Waals surface area contributed by atoms with Crippen molar-refractivity contribution >= 4 is 24.0 Å². The van der Waals surface area contributed by atoms with Crippen LogP contribution < -0.4 is 10.1 Å². The molecule has 1 aromatic heterocycles. The minimum absolute atomic E-state index is 0. The smallest absolute Gasteiger partial charge is 0.233 e. The summed E-state index contributed by atoms with van der Waals surface area (Å²) in [5.74, 6) is 1.08. The molecule has 1 N–H and O–H groups in total. The van der Waals surface area contributed by atoms with E-state index in [0.29, 0.717) is 23.6 Å². The highest BCUT2D eigenvalue weighted by Gasteiger charge is 2.15. The molecule has 6 heteroatoms. The van der Waals surface area contributed by atoms with Crippen LogP contribution in [-0.4, -0.2) is 29.7 Å². The van der Waals surface area contributed by atoms with Gasteiger partial charge >= 0.3 is 0 Å². The summed E-state index contributed by atoms with van der Waals surface area (Å²) in [5, 5.41) is 3.65. The Bertz CT molecular complexity index is 305. The van der Waals surface area contributed by atoms with E-state index in [0.717, 1.165) is 19.5 Å². The fourth-order valence-corrected chi connectivity index (χ4v) is 1.59. The van der Waals surface area contributed by atoms with Crippen molar-refractivity contribution in [2.24, 2.45) is 5.92 Å². The van der Waals surface area contributed by atoms with Crippen molar-refractivity contribution in [1.82, 2.24) is 15.3 Å². The molecular formula is C9H13Cl2N3O. The van der Waals surface area contributed by atoms with E-state index in [4.69, 9.17) is 16.3 Å². The molecule has 0 amide bonds. The summed E-state index contributed by atoms with van der Waals surface area (Å²) in [4.78, 5) is 7.89. The van der Waals surface area contributed by atoms with Gasteiger partial charge in [0.25, 0.3) is 0 Å². The summed E-state index contributed by atoms with van der Waals surface area (Å²) in [6, 6.07) is 0. The molecule has 1 aliphatic heterocycles. The number of aromatic nitrogens is 2. The molecule has 1 unspecified atom stereocenters. The van der Waals surface area contributed by atoms with Crippen LogP contribution >= 0.6 is 24.0 Å².